The summed E-state index contributed by atoms with van der Waals surface area (Å²) in [6.45, 7) is -2.61. The van der Waals surface area contributed by atoms with E-state index in [-0.39, 0.29) is 22.6 Å². The Morgan fingerprint density at radius 1 is 1.11 bits per heavy atom. The van der Waals surface area contributed by atoms with Gasteiger partial charge in [0.15, 0.2) is 11.5 Å². The second-order valence-electron chi connectivity index (χ2n) is 7.14. The Hall–Kier alpha value is -3.50. The number of para-hydroxylation sites is 1. The first-order valence-corrected chi connectivity index (χ1v) is 13.1. The highest BCUT2D eigenvalue weighted by atomic mass is 32.7. The van der Waals surface area contributed by atoms with Gasteiger partial charge in [-0.25, -0.2) is 9.55 Å². The minimum Gasteiger partial charge on any atom is -0.504 e. The number of aromatic nitrogens is 1. The van der Waals surface area contributed by atoms with Crippen LogP contribution in [0.3, 0.4) is 0 Å². The zero-order valence-electron chi connectivity index (χ0n) is 17.9. The van der Waals surface area contributed by atoms with Gasteiger partial charge in [0.25, 0.3) is 5.69 Å². The van der Waals surface area contributed by atoms with Crippen LogP contribution in [0.2, 0.25) is 0 Å². The van der Waals surface area contributed by atoms with Gasteiger partial charge < -0.3 is 14.2 Å². The van der Waals surface area contributed by atoms with Gasteiger partial charge >= 0.3 is 13.0 Å². The van der Waals surface area contributed by atoms with Crippen LogP contribution in [-0.2, 0) is 10.7 Å². The third-order valence-electron chi connectivity index (χ3n) is 4.81. The van der Waals surface area contributed by atoms with E-state index in [0.29, 0.717) is 28.4 Å². The van der Waals surface area contributed by atoms with Gasteiger partial charge in [-0.3, -0.25) is 10.1 Å². The van der Waals surface area contributed by atoms with Crippen molar-refractivity contribution in [1.82, 2.24) is 4.98 Å². The minimum atomic E-state index is -4.86. The van der Waals surface area contributed by atoms with Gasteiger partial charge in [0.05, 0.1) is 21.5 Å². The van der Waals surface area contributed by atoms with Crippen molar-refractivity contribution in [2.24, 2.45) is 0 Å². The van der Waals surface area contributed by atoms with Crippen LogP contribution in [0.25, 0.3) is 21.8 Å². The fourth-order valence-corrected chi connectivity index (χ4v) is 6.28. The molecule has 182 valence electrons. The molecule has 3 aromatic carbocycles. The van der Waals surface area contributed by atoms with E-state index in [1.807, 2.05) is 0 Å². The van der Waals surface area contributed by atoms with E-state index < -0.39 is 40.5 Å². The highest BCUT2D eigenvalue weighted by Crippen LogP contribution is 2.61. The van der Waals surface area contributed by atoms with Crippen molar-refractivity contribution in [3.63, 3.8) is 0 Å². The quantitative estimate of drug-likeness (QED) is 0.116. The third-order valence-corrected chi connectivity index (χ3v) is 8.41. The van der Waals surface area contributed by atoms with Crippen LogP contribution in [0.4, 0.5) is 18.9 Å². The van der Waals surface area contributed by atoms with Crippen LogP contribution in [0.1, 0.15) is 12.5 Å². The normalized spacial score (nSPS) is 13.5. The Balaban J connectivity index is 1.82. The second kappa shape index (κ2) is 9.27. The summed E-state index contributed by atoms with van der Waals surface area (Å²) in [6, 6.07) is 12.9. The Kier molecular flexibility index (Phi) is 6.52. The molecule has 1 N–H and O–H groups in total. The van der Waals surface area contributed by atoms with Gasteiger partial charge in [0, 0.05) is 28.7 Å². The summed E-state index contributed by atoms with van der Waals surface area (Å²) in [6.07, 6.45) is -4.86. The molecule has 0 aliphatic heterocycles. The predicted octanol–water partition coefficient (Wildman–Crippen LogP) is 7.34. The number of nitro benzene ring substituents is 1. The maximum absolute atomic E-state index is 13.9. The molecule has 13 heteroatoms. The lowest BCUT2D eigenvalue weighted by Crippen LogP contribution is -2.08. The number of aromatic hydroxyl groups is 1. The van der Waals surface area contributed by atoms with E-state index in [2.05, 4.69) is 4.98 Å². The van der Waals surface area contributed by atoms with Gasteiger partial charge in [-0.1, -0.05) is 25.1 Å². The number of hydrogen-bond acceptors (Lipinski definition) is 8. The maximum atomic E-state index is 13.9. The van der Waals surface area contributed by atoms with Crippen molar-refractivity contribution in [3.05, 3.63) is 76.3 Å². The van der Waals surface area contributed by atoms with Crippen molar-refractivity contribution < 1.29 is 36.8 Å². The number of fused-ring (bicyclic) bond motifs is 2. The average Bonchev–Trinajstić information content (AvgIpc) is 2.79. The van der Waals surface area contributed by atoms with Crippen LogP contribution in [-0.4, -0.2) is 20.8 Å². The van der Waals surface area contributed by atoms with Gasteiger partial charge in [-0.05, 0) is 41.7 Å². The van der Waals surface area contributed by atoms with E-state index in [1.165, 1.54) is 18.2 Å². The zero-order chi connectivity index (χ0) is 25.4. The van der Waals surface area contributed by atoms with Crippen LogP contribution in [0.5, 0.6) is 17.2 Å². The maximum Gasteiger partial charge on any atom is 0.492 e. The van der Waals surface area contributed by atoms with Gasteiger partial charge in [0.2, 0.25) is 0 Å². The Bertz CT molecular complexity index is 1480. The molecule has 4 rings (SSSR count). The van der Waals surface area contributed by atoms with E-state index >= 15 is 0 Å². The molecule has 0 fully saturated rings. The van der Waals surface area contributed by atoms with Crippen molar-refractivity contribution >= 4 is 45.7 Å². The largest absolute Gasteiger partial charge is 0.504 e. The summed E-state index contributed by atoms with van der Waals surface area (Å²) in [5, 5.41) is 21.9. The molecule has 1 atom stereocenters. The number of non-ortho nitro benzene ring substituents is 1. The number of alkyl halides is 3. The van der Waals surface area contributed by atoms with E-state index in [9.17, 15) is 33.0 Å². The molecule has 1 unspecified atom stereocenters. The lowest BCUT2D eigenvalue weighted by atomic mass is 10.0. The van der Waals surface area contributed by atoms with Crippen LogP contribution in [0.15, 0.2) is 60.7 Å². The molecule has 0 saturated heterocycles. The van der Waals surface area contributed by atoms with Crippen LogP contribution in [0, 0.1) is 10.1 Å². The number of nitrogens with zero attached hydrogens (tertiary/aromatic N) is 2. The van der Waals surface area contributed by atoms with Gasteiger partial charge in [-0.2, -0.15) is 13.2 Å². The first-order chi connectivity index (χ1) is 16.5. The molecule has 1 heterocycles. The molecule has 0 amide bonds. The number of benzene rings is 3. The van der Waals surface area contributed by atoms with E-state index in [1.54, 1.807) is 31.2 Å². The molecule has 8 nitrogen and oxygen atoms in total. The van der Waals surface area contributed by atoms with Crippen molar-refractivity contribution in [3.8, 4) is 17.2 Å². The monoisotopic (exact) mass is 524 g/mol. The summed E-state index contributed by atoms with van der Waals surface area (Å²) in [4.78, 5) is 14.3. The molecule has 0 aliphatic rings. The van der Waals surface area contributed by atoms with Crippen molar-refractivity contribution in [1.29, 1.82) is 0 Å². The molecule has 0 saturated carbocycles. The number of rotatable bonds is 7. The molecule has 0 aliphatic carbocycles. The molecule has 35 heavy (non-hydrogen) atoms. The van der Waals surface area contributed by atoms with E-state index in [4.69, 9.17) is 9.05 Å². The number of phenols is 1. The Labute approximate surface area is 200 Å². The summed E-state index contributed by atoms with van der Waals surface area (Å²) < 4.78 is 66.0. The van der Waals surface area contributed by atoms with Crippen LogP contribution < -0.4 is 9.05 Å². The molecule has 1 aromatic heterocycles. The predicted molar refractivity (Wildman–Crippen MR) is 126 cm³/mol. The number of phenolic OH excluding ortho intramolecular Hbond substituents is 1. The zero-order valence-corrected chi connectivity index (χ0v) is 19.6. The first-order valence-electron chi connectivity index (χ1n) is 10.0. The molecular weight excluding hydrogens is 508 g/mol. The fraction of sp³-hybridized carbons (Fsp3) is 0.136. The number of nitro groups is 1. The average molecular weight is 524 g/mol. The van der Waals surface area contributed by atoms with Gasteiger partial charge in [0.1, 0.15) is 5.75 Å². The highest BCUT2D eigenvalue weighted by molar-refractivity contribution is 8.55. The smallest absolute Gasteiger partial charge is 0.492 e. The summed E-state index contributed by atoms with van der Waals surface area (Å²) in [7, 11) is 0. The van der Waals surface area contributed by atoms with Crippen molar-refractivity contribution in [2.45, 2.75) is 13.1 Å². The van der Waals surface area contributed by atoms with Crippen LogP contribution >= 0.6 is 18.2 Å². The second-order valence-corrected chi connectivity index (χ2v) is 11.4. The molecule has 4 aromatic rings. The van der Waals surface area contributed by atoms with Gasteiger partial charge in [-0.15, -0.1) is 0 Å². The SMILES string of the molecule is CCSP(=O)(Oc1ccc([N+](=O)[O-])cc1)Oc1cc(C(F)(F)F)c2nc3ccccc3cc2c1O. The Morgan fingerprint density at radius 3 is 2.43 bits per heavy atom. The molecule has 0 bridgehead atoms. The summed E-state index contributed by atoms with van der Waals surface area (Å²) in [5.74, 6) is -1.26. The lowest BCUT2D eigenvalue weighted by molar-refractivity contribution is -0.384. The third kappa shape index (κ3) is 5.13. The number of hydrogen-bond donors (Lipinski definition) is 1. The Morgan fingerprint density at radius 2 is 1.80 bits per heavy atom. The fourth-order valence-electron chi connectivity index (χ4n) is 3.30. The first kappa shape index (κ1) is 24.6. The summed E-state index contributed by atoms with van der Waals surface area (Å²) >= 11 is 0.678. The molecular formula is C22H16F3N2O6PS. The lowest BCUT2D eigenvalue weighted by Gasteiger charge is -2.21. The number of pyridine rings is 1. The van der Waals surface area contributed by atoms with E-state index in [0.717, 1.165) is 12.1 Å². The molecule has 0 radical (unpaired) electrons. The molecule has 0 spiro atoms. The topological polar surface area (TPSA) is 112 Å². The number of halogens is 3. The summed E-state index contributed by atoms with van der Waals surface area (Å²) in [5.41, 5.74) is -1.62. The highest BCUT2D eigenvalue weighted by Gasteiger charge is 2.38. The standard InChI is InChI=1S/C22H16F3N2O6PS/c1-2-35-34(31,32-15-9-7-14(8-10-15)27(29)30)33-19-12-17(22(23,24)25)20-16(21(19)28)11-13-5-3-4-6-18(13)26-20/h3-12,28H,2H2,1H3. The van der Waals surface area contributed by atoms with Crippen molar-refractivity contribution in [2.75, 3.05) is 5.75 Å². The minimum absolute atomic E-state index is 0.0659.